The summed E-state index contributed by atoms with van der Waals surface area (Å²) < 4.78 is 0. The van der Waals surface area contributed by atoms with Crippen molar-refractivity contribution in [2.24, 2.45) is 17.6 Å². The van der Waals surface area contributed by atoms with Gasteiger partial charge in [0.2, 0.25) is 0 Å². The molecule has 1 fully saturated rings. The van der Waals surface area contributed by atoms with E-state index in [0.29, 0.717) is 12.5 Å². The Labute approximate surface area is 128 Å². The summed E-state index contributed by atoms with van der Waals surface area (Å²) in [6, 6.07) is 7.77. The summed E-state index contributed by atoms with van der Waals surface area (Å²) in [6.45, 7) is 4.92. The molecule has 1 amide bonds. The third kappa shape index (κ3) is 4.31. The molecular formula is C18H28N2O. The molecule has 1 aromatic rings. The lowest BCUT2D eigenvalue weighted by molar-refractivity contribution is 0.0912. The van der Waals surface area contributed by atoms with Crippen LogP contribution in [-0.2, 0) is 6.54 Å². The normalized spacial score (nSPS) is 19.0. The summed E-state index contributed by atoms with van der Waals surface area (Å²) >= 11 is 0. The lowest BCUT2D eigenvalue weighted by Crippen LogP contribution is -2.40. The van der Waals surface area contributed by atoms with E-state index >= 15 is 0 Å². The van der Waals surface area contributed by atoms with Gasteiger partial charge in [-0.2, -0.15) is 0 Å². The smallest absolute Gasteiger partial charge is 0.251 e. The summed E-state index contributed by atoms with van der Waals surface area (Å²) in [4.78, 5) is 12.3. The van der Waals surface area contributed by atoms with Crippen molar-refractivity contribution in [3.63, 3.8) is 0 Å². The molecule has 1 aliphatic carbocycles. The van der Waals surface area contributed by atoms with Crippen LogP contribution in [0.25, 0.3) is 0 Å². The molecule has 21 heavy (non-hydrogen) atoms. The minimum absolute atomic E-state index is 0.0220. The van der Waals surface area contributed by atoms with Gasteiger partial charge >= 0.3 is 0 Å². The lowest BCUT2D eigenvalue weighted by atomic mass is 9.78. The molecular weight excluding hydrogens is 260 g/mol. The number of hydrogen-bond donors (Lipinski definition) is 2. The number of hydrogen-bond acceptors (Lipinski definition) is 2. The molecule has 0 radical (unpaired) electrons. The van der Waals surface area contributed by atoms with Gasteiger partial charge in [0.1, 0.15) is 0 Å². The molecule has 0 bridgehead atoms. The average Bonchev–Trinajstić information content (AvgIpc) is 2.55. The van der Waals surface area contributed by atoms with Gasteiger partial charge in [0.25, 0.3) is 5.91 Å². The van der Waals surface area contributed by atoms with Crippen LogP contribution in [0, 0.1) is 11.8 Å². The maximum absolute atomic E-state index is 12.3. The Hall–Kier alpha value is -1.35. The average molecular weight is 288 g/mol. The Morgan fingerprint density at radius 3 is 2.38 bits per heavy atom. The fourth-order valence-electron chi connectivity index (χ4n) is 3.28. The quantitative estimate of drug-likeness (QED) is 0.871. The van der Waals surface area contributed by atoms with E-state index in [1.54, 1.807) is 0 Å². The SMILES string of the molecule is CC(NC(=O)c1ccc(CN)cc1)C(C)C1CCCCC1. The van der Waals surface area contributed by atoms with E-state index < -0.39 is 0 Å². The number of nitrogens with one attached hydrogen (secondary N) is 1. The molecule has 1 aliphatic rings. The first-order chi connectivity index (χ1) is 10.1. The van der Waals surface area contributed by atoms with Crippen molar-refractivity contribution in [3.05, 3.63) is 35.4 Å². The van der Waals surface area contributed by atoms with Gasteiger partial charge in [-0.1, -0.05) is 51.2 Å². The minimum Gasteiger partial charge on any atom is -0.349 e. The second kappa shape index (κ2) is 7.60. The van der Waals surface area contributed by atoms with Crippen molar-refractivity contribution in [3.8, 4) is 0 Å². The van der Waals surface area contributed by atoms with Crippen LogP contribution in [0.3, 0.4) is 0 Å². The largest absolute Gasteiger partial charge is 0.349 e. The van der Waals surface area contributed by atoms with Crippen LogP contribution in [0.4, 0.5) is 0 Å². The summed E-state index contributed by atoms with van der Waals surface area (Å²) in [5.74, 6) is 1.32. The van der Waals surface area contributed by atoms with Crippen LogP contribution in [0.15, 0.2) is 24.3 Å². The van der Waals surface area contributed by atoms with E-state index in [1.165, 1.54) is 32.1 Å². The first-order valence-electron chi connectivity index (χ1n) is 8.21. The van der Waals surface area contributed by atoms with E-state index in [0.717, 1.165) is 17.0 Å². The number of benzene rings is 1. The van der Waals surface area contributed by atoms with E-state index in [2.05, 4.69) is 19.2 Å². The highest BCUT2D eigenvalue weighted by Crippen LogP contribution is 2.31. The fourth-order valence-corrected chi connectivity index (χ4v) is 3.28. The van der Waals surface area contributed by atoms with Gasteiger partial charge in [-0.3, -0.25) is 4.79 Å². The standard InChI is InChI=1S/C18H28N2O/c1-13(16-6-4-3-5-7-16)14(2)20-18(21)17-10-8-15(12-19)9-11-17/h8-11,13-14,16H,3-7,12,19H2,1-2H3,(H,20,21). The zero-order valence-electron chi connectivity index (χ0n) is 13.3. The van der Waals surface area contributed by atoms with Crippen LogP contribution in [-0.4, -0.2) is 11.9 Å². The van der Waals surface area contributed by atoms with Gasteiger partial charge in [0.05, 0.1) is 0 Å². The Balaban J connectivity index is 1.90. The summed E-state index contributed by atoms with van der Waals surface area (Å²) in [6.07, 6.45) is 6.68. The molecule has 2 unspecified atom stereocenters. The van der Waals surface area contributed by atoms with Crippen LogP contribution >= 0.6 is 0 Å². The first-order valence-corrected chi connectivity index (χ1v) is 8.21. The molecule has 3 heteroatoms. The molecule has 2 rings (SSSR count). The highest BCUT2D eigenvalue weighted by Gasteiger charge is 2.25. The molecule has 0 spiro atoms. The van der Waals surface area contributed by atoms with Gasteiger partial charge in [-0.15, -0.1) is 0 Å². The molecule has 1 saturated carbocycles. The Kier molecular flexibility index (Phi) is 5.80. The summed E-state index contributed by atoms with van der Waals surface area (Å²) in [5, 5.41) is 3.16. The van der Waals surface area contributed by atoms with Crippen molar-refractivity contribution < 1.29 is 4.79 Å². The predicted octanol–water partition coefficient (Wildman–Crippen LogP) is 3.48. The topological polar surface area (TPSA) is 55.1 Å². The first kappa shape index (κ1) is 16.0. The monoisotopic (exact) mass is 288 g/mol. The summed E-state index contributed by atoms with van der Waals surface area (Å²) in [5.41, 5.74) is 7.35. The van der Waals surface area contributed by atoms with Crippen molar-refractivity contribution in [1.29, 1.82) is 0 Å². The van der Waals surface area contributed by atoms with Crippen LogP contribution < -0.4 is 11.1 Å². The molecule has 0 aliphatic heterocycles. The third-order valence-electron chi connectivity index (χ3n) is 4.99. The molecule has 3 N–H and O–H groups in total. The van der Waals surface area contributed by atoms with E-state index in [9.17, 15) is 4.79 Å². The lowest BCUT2D eigenvalue weighted by Gasteiger charge is -2.32. The second-order valence-electron chi connectivity index (χ2n) is 6.42. The van der Waals surface area contributed by atoms with Gasteiger partial charge in [-0.25, -0.2) is 0 Å². The number of carbonyl (C=O) groups is 1. The van der Waals surface area contributed by atoms with Gasteiger partial charge in [-0.05, 0) is 36.5 Å². The summed E-state index contributed by atoms with van der Waals surface area (Å²) in [7, 11) is 0. The highest BCUT2D eigenvalue weighted by atomic mass is 16.1. The molecule has 0 aromatic heterocycles. The fraction of sp³-hybridized carbons (Fsp3) is 0.611. The van der Waals surface area contributed by atoms with Crippen molar-refractivity contribution in [2.45, 2.75) is 58.5 Å². The minimum atomic E-state index is 0.0220. The molecule has 2 atom stereocenters. The molecule has 0 saturated heterocycles. The van der Waals surface area contributed by atoms with Crippen LogP contribution in [0.2, 0.25) is 0 Å². The maximum atomic E-state index is 12.3. The van der Waals surface area contributed by atoms with Crippen molar-refractivity contribution in [2.75, 3.05) is 0 Å². The number of rotatable bonds is 5. The Morgan fingerprint density at radius 1 is 1.19 bits per heavy atom. The maximum Gasteiger partial charge on any atom is 0.251 e. The van der Waals surface area contributed by atoms with E-state index in [-0.39, 0.29) is 11.9 Å². The number of nitrogens with two attached hydrogens (primary N) is 1. The van der Waals surface area contributed by atoms with Gasteiger partial charge in [0, 0.05) is 18.2 Å². The molecule has 1 aromatic carbocycles. The zero-order valence-corrected chi connectivity index (χ0v) is 13.3. The third-order valence-corrected chi connectivity index (χ3v) is 4.99. The van der Waals surface area contributed by atoms with Gasteiger partial charge < -0.3 is 11.1 Å². The zero-order chi connectivity index (χ0) is 15.2. The highest BCUT2D eigenvalue weighted by molar-refractivity contribution is 5.94. The van der Waals surface area contributed by atoms with Crippen molar-refractivity contribution >= 4 is 5.91 Å². The predicted molar refractivity (Wildman–Crippen MR) is 87.0 cm³/mol. The van der Waals surface area contributed by atoms with E-state index in [1.807, 2.05) is 24.3 Å². The van der Waals surface area contributed by atoms with E-state index in [4.69, 9.17) is 5.73 Å². The van der Waals surface area contributed by atoms with Gasteiger partial charge in [0.15, 0.2) is 0 Å². The van der Waals surface area contributed by atoms with Crippen molar-refractivity contribution in [1.82, 2.24) is 5.32 Å². The molecule has 0 heterocycles. The number of carbonyl (C=O) groups excluding carboxylic acids is 1. The molecule has 116 valence electrons. The Bertz CT molecular complexity index is 449. The Morgan fingerprint density at radius 2 is 1.81 bits per heavy atom. The van der Waals surface area contributed by atoms with Crippen LogP contribution in [0.1, 0.15) is 61.9 Å². The second-order valence-corrected chi connectivity index (χ2v) is 6.42. The van der Waals surface area contributed by atoms with Crippen LogP contribution in [0.5, 0.6) is 0 Å². The number of amides is 1. The molecule has 3 nitrogen and oxygen atoms in total.